The minimum absolute atomic E-state index is 0.111. The van der Waals surface area contributed by atoms with E-state index in [2.05, 4.69) is 4.99 Å². The summed E-state index contributed by atoms with van der Waals surface area (Å²) in [6.45, 7) is 3.69. The molecule has 1 aliphatic heterocycles. The fraction of sp³-hybridized carbons (Fsp3) is 0.214. The van der Waals surface area contributed by atoms with Crippen LogP contribution in [-0.4, -0.2) is 28.9 Å². The van der Waals surface area contributed by atoms with Gasteiger partial charge in [0.2, 0.25) is 0 Å². The maximum atomic E-state index is 12.2. The van der Waals surface area contributed by atoms with E-state index in [0.29, 0.717) is 0 Å². The fourth-order valence-corrected chi connectivity index (χ4v) is 1.78. The van der Waals surface area contributed by atoms with E-state index in [1.165, 1.54) is 24.4 Å². The molecule has 0 amide bonds. The highest BCUT2D eigenvalue weighted by Gasteiger charge is 2.28. The summed E-state index contributed by atoms with van der Waals surface area (Å²) in [5.41, 5.74) is 1.92. The Morgan fingerprint density at radius 1 is 1.28 bits per heavy atom. The molecule has 0 fully saturated rings. The van der Waals surface area contributed by atoms with Crippen molar-refractivity contribution in [2.75, 3.05) is 0 Å². The average molecular weight is 243 g/mol. The zero-order chi connectivity index (χ0) is 13.3. The Morgan fingerprint density at radius 2 is 1.94 bits per heavy atom. The van der Waals surface area contributed by atoms with Gasteiger partial charge in [-0.15, -0.1) is 0 Å². The Balaban J connectivity index is 2.40. The minimum atomic E-state index is -1.07. The van der Waals surface area contributed by atoms with Gasteiger partial charge in [0.25, 0.3) is 0 Å². The van der Waals surface area contributed by atoms with Crippen molar-refractivity contribution in [1.82, 2.24) is 0 Å². The first kappa shape index (κ1) is 12.2. The van der Waals surface area contributed by atoms with Gasteiger partial charge in [-0.2, -0.15) is 0 Å². The maximum Gasteiger partial charge on any atom is 0.198 e. The summed E-state index contributed by atoms with van der Waals surface area (Å²) < 4.78 is 0. The third-order valence-electron chi connectivity index (χ3n) is 2.98. The van der Waals surface area contributed by atoms with Crippen LogP contribution in [0.1, 0.15) is 21.5 Å². The predicted molar refractivity (Wildman–Crippen MR) is 68.3 cm³/mol. The molecule has 0 saturated heterocycles. The number of phenolic OH excluding ortho intramolecular Hbond substituents is 1. The van der Waals surface area contributed by atoms with E-state index in [4.69, 9.17) is 0 Å². The molecule has 18 heavy (non-hydrogen) atoms. The maximum absolute atomic E-state index is 12.2. The van der Waals surface area contributed by atoms with Gasteiger partial charge in [0.15, 0.2) is 17.6 Å². The highest BCUT2D eigenvalue weighted by molar-refractivity contribution is 6.20. The Morgan fingerprint density at radius 3 is 2.61 bits per heavy atom. The van der Waals surface area contributed by atoms with Crippen molar-refractivity contribution in [1.29, 1.82) is 0 Å². The SMILES string of the molecule is Cc1cc(O)c(C(=O)C2N=CC=CC2=O)cc1C. The minimum Gasteiger partial charge on any atom is -0.507 e. The van der Waals surface area contributed by atoms with E-state index in [9.17, 15) is 14.7 Å². The normalized spacial score (nSPS) is 18.1. The highest BCUT2D eigenvalue weighted by Crippen LogP contribution is 2.24. The lowest BCUT2D eigenvalue weighted by atomic mass is 9.96. The van der Waals surface area contributed by atoms with Crippen molar-refractivity contribution in [3.05, 3.63) is 41.0 Å². The molecule has 1 aromatic carbocycles. The second kappa shape index (κ2) is 4.56. The number of ketones is 2. The molecule has 0 aromatic heterocycles. The summed E-state index contributed by atoms with van der Waals surface area (Å²) in [6, 6.07) is 2.05. The summed E-state index contributed by atoms with van der Waals surface area (Å²) in [6.07, 6.45) is 4.22. The summed E-state index contributed by atoms with van der Waals surface area (Å²) in [5, 5.41) is 9.80. The molecule has 0 spiro atoms. The lowest BCUT2D eigenvalue weighted by Crippen LogP contribution is -2.29. The number of phenols is 1. The van der Waals surface area contributed by atoms with E-state index < -0.39 is 11.8 Å². The fourth-order valence-electron chi connectivity index (χ4n) is 1.78. The molecular formula is C14H13NO3. The van der Waals surface area contributed by atoms with Crippen LogP contribution in [0, 0.1) is 13.8 Å². The van der Waals surface area contributed by atoms with Crippen LogP contribution in [0.5, 0.6) is 5.75 Å². The molecule has 1 atom stereocenters. The molecule has 92 valence electrons. The summed E-state index contributed by atoms with van der Waals surface area (Å²) in [4.78, 5) is 27.6. The van der Waals surface area contributed by atoms with Gasteiger partial charge >= 0.3 is 0 Å². The number of carbonyl (C=O) groups excluding carboxylic acids is 2. The molecule has 0 bridgehead atoms. The number of Topliss-reactive ketones (excluding diaryl/α,β-unsaturated/α-hetero) is 1. The molecule has 1 unspecified atom stereocenters. The number of aromatic hydroxyl groups is 1. The molecule has 2 rings (SSSR count). The van der Waals surface area contributed by atoms with Gasteiger partial charge in [-0.1, -0.05) is 0 Å². The van der Waals surface area contributed by atoms with Gasteiger partial charge in [-0.3, -0.25) is 14.6 Å². The van der Waals surface area contributed by atoms with Gasteiger partial charge < -0.3 is 5.11 Å². The van der Waals surface area contributed by atoms with E-state index in [1.807, 2.05) is 13.8 Å². The lowest BCUT2D eigenvalue weighted by Gasteiger charge is -2.13. The second-order valence-electron chi connectivity index (χ2n) is 4.28. The summed E-state index contributed by atoms with van der Waals surface area (Å²) >= 11 is 0. The average Bonchev–Trinajstić information content (AvgIpc) is 2.33. The lowest BCUT2D eigenvalue weighted by molar-refractivity contribution is -0.114. The van der Waals surface area contributed by atoms with Crippen LogP contribution in [0.15, 0.2) is 29.3 Å². The van der Waals surface area contributed by atoms with Gasteiger partial charge in [0.1, 0.15) is 5.75 Å². The molecule has 0 saturated carbocycles. The molecule has 0 radical (unpaired) electrons. The molecule has 1 N–H and O–H groups in total. The number of aliphatic imine (C=N–C) groups is 1. The Labute approximate surface area is 105 Å². The predicted octanol–water partition coefficient (Wildman–Crippen LogP) is 1.77. The summed E-state index contributed by atoms with van der Waals surface area (Å²) in [5.74, 6) is -0.943. The number of dihydropyridines is 1. The number of hydrogen-bond donors (Lipinski definition) is 1. The van der Waals surface area contributed by atoms with Crippen LogP contribution in [0.4, 0.5) is 0 Å². The van der Waals surface area contributed by atoms with E-state index in [-0.39, 0.29) is 17.1 Å². The number of carbonyl (C=O) groups is 2. The molecule has 1 aliphatic rings. The zero-order valence-electron chi connectivity index (χ0n) is 10.2. The number of aryl methyl sites for hydroxylation is 2. The third-order valence-corrected chi connectivity index (χ3v) is 2.98. The van der Waals surface area contributed by atoms with Crippen LogP contribution in [0.25, 0.3) is 0 Å². The van der Waals surface area contributed by atoms with E-state index >= 15 is 0 Å². The monoisotopic (exact) mass is 243 g/mol. The topological polar surface area (TPSA) is 66.7 Å². The van der Waals surface area contributed by atoms with E-state index in [1.54, 1.807) is 6.07 Å². The third kappa shape index (κ3) is 2.09. The van der Waals surface area contributed by atoms with Crippen molar-refractivity contribution in [2.45, 2.75) is 19.9 Å². The standard InChI is InChI=1S/C14H13NO3/c1-8-6-10(12(17)7-9(8)2)14(18)13-11(16)4-3-5-15-13/h3-7,13,17H,1-2H3. The molecule has 1 heterocycles. The van der Waals surface area contributed by atoms with Gasteiger partial charge in [0, 0.05) is 6.21 Å². The Bertz CT molecular complexity index is 585. The van der Waals surface area contributed by atoms with Crippen molar-refractivity contribution >= 4 is 17.8 Å². The van der Waals surface area contributed by atoms with Gasteiger partial charge in [-0.05, 0) is 49.3 Å². The number of nitrogens with zero attached hydrogens (tertiary/aromatic N) is 1. The molecule has 4 heteroatoms. The van der Waals surface area contributed by atoms with Crippen LogP contribution in [-0.2, 0) is 4.79 Å². The Hall–Kier alpha value is -2.23. The number of rotatable bonds is 2. The molecule has 1 aromatic rings. The first-order valence-electron chi connectivity index (χ1n) is 5.59. The number of benzene rings is 1. The quantitative estimate of drug-likeness (QED) is 0.636. The van der Waals surface area contributed by atoms with Gasteiger partial charge in [0.05, 0.1) is 5.56 Å². The summed E-state index contributed by atoms with van der Waals surface area (Å²) in [7, 11) is 0. The molecular weight excluding hydrogens is 230 g/mol. The first-order valence-corrected chi connectivity index (χ1v) is 5.59. The van der Waals surface area contributed by atoms with Gasteiger partial charge in [-0.25, -0.2) is 0 Å². The zero-order valence-corrected chi connectivity index (χ0v) is 10.2. The number of hydrogen-bond acceptors (Lipinski definition) is 4. The van der Waals surface area contributed by atoms with Crippen LogP contribution < -0.4 is 0 Å². The van der Waals surface area contributed by atoms with Crippen LogP contribution in [0.2, 0.25) is 0 Å². The largest absolute Gasteiger partial charge is 0.507 e. The van der Waals surface area contributed by atoms with Crippen molar-refractivity contribution in [3.8, 4) is 5.75 Å². The first-order chi connectivity index (χ1) is 8.50. The van der Waals surface area contributed by atoms with Crippen molar-refractivity contribution < 1.29 is 14.7 Å². The van der Waals surface area contributed by atoms with E-state index in [0.717, 1.165) is 11.1 Å². The second-order valence-corrected chi connectivity index (χ2v) is 4.28. The van der Waals surface area contributed by atoms with Crippen LogP contribution >= 0.6 is 0 Å². The number of allylic oxidation sites excluding steroid dienone is 1. The van der Waals surface area contributed by atoms with Crippen molar-refractivity contribution in [3.63, 3.8) is 0 Å². The van der Waals surface area contributed by atoms with Crippen molar-refractivity contribution in [2.24, 2.45) is 4.99 Å². The van der Waals surface area contributed by atoms with Crippen LogP contribution in [0.3, 0.4) is 0 Å². The molecule has 4 nitrogen and oxygen atoms in total. The Kier molecular flexibility index (Phi) is 3.10. The smallest absolute Gasteiger partial charge is 0.198 e. The molecule has 0 aliphatic carbocycles. The highest BCUT2D eigenvalue weighted by atomic mass is 16.3.